The molecule has 5 heteroatoms. The number of rotatable bonds is 0. The topological polar surface area (TPSA) is 51.8 Å². The molecule has 2 aromatic heterocycles. The molecule has 0 aliphatic rings. The zero-order valence-corrected chi connectivity index (χ0v) is 8.02. The zero-order valence-electron chi connectivity index (χ0n) is 7.20. The first-order chi connectivity index (χ1) is 6.97. The Hall–Kier alpha value is -1.75. The molecule has 0 aliphatic heterocycles. The normalized spacial score (nSPS) is 9.43. The highest BCUT2D eigenvalue weighted by atomic mass is 32.1. The minimum Gasteiger partial charge on any atom is -0.452 e. The third-order valence-electron chi connectivity index (χ3n) is 1.50. The van der Waals surface area contributed by atoms with Crippen LogP contribution in [0.4, 0.5) is 0 Å². The molecule has 0 bridgehead atoms. The van der Waals surface area contributed by atoms with Crippen LogP contribution in [0.1, 0.15) is 0 Å². The Morgan fingerprint density at radius 3 is 2.79 bits per heavy atom. The van der Waals surface area contributed by atoms with E-state index in [-0.39, 0.29) is 0 Å². The van der Waals surface area contributed by atoms with E-state index in [1.54, 1.807) is 6.20 Å². The largest absolute Gasteiger partial charge is 0.452 e. The lowest BCUT2D eigenvalue weighted by atomic mass is 10.3. The van der Waals surface area contributed by atoms with Crippen molar-refractivity contribution in [1.29, 1.82) is 0 Å². The van der Waals surface area contributed by atoms with Crippen molar-refractivity contribution < 1.29 is 4.42 Å². The Morgan fingerprint density at radius 1 is 1.21 bits per heavy atom. The number of nitrogens with zero attached hydrogens (tertiary/aromatic N) is 3. The van der Waals surface area contributed by atoms with Gasteiger partial charge in [0.2, 0.25) is 0 Å². The maximum Gasteiger partial charge on any atom is 0.180 e. The summed E-state index contributed by atoms with van der Waals surface area (Å²) in [4.78, 5) is 3.56. The summed E-state index contributed by atoms with van der Waals surface area (Å²) in [6.45, 7) is 0. The number of aromatic nitrogens is 3. The molecule has 70 valence electrons. The predicted octanol–water partition coefficient (Wildman–Crippen LogP) is 2.37. The van der Waals surface area contributed by atoms with Gasteiger partial charge in [-0.3, -0.25) is 0 Å². The lowest BCUT2D eigenvalue weighted by Crippen LogP contribution is -1.63. The van der Waals surface area contributed by atoms with Crippen LogP contribution in [0.3, 0.4) is 0 Å². The number of hydrogen-bond donors (Lipinski definition) is 0. The van der Waals surface area contributed by atoms with Gasteiger partial charge < -0.3 is 4.42 Å². The standard InChI is InChI=1S/C6H4N2S.C3H3NO/c1-2-4-6-5(3-1)7-8-9-6;1-2-5-3-4-1/h1-4H;1-3H. The maximum absolute atomic E-state index is 4.47. The van der Waals surface area contributed by atoms with Gasteiger partial charge in [0, 0.05) is 0 Å². The van der Waals surface area contributed by atoms with Crippen molar-refractivity contribution in [2.45, 2.75) is 0 Å². The molecule has 4 nitrogen and oxygen atoms in total. The minimum absolute atomic E-state index is 0.988. The third kappa shape index (κ3) is 2.14. The molecule has 1 aromatic carbocycles. The first-order valence-corrected chi connectivity index (χ1v) is 4.73. The van der Waals surface area contributed by atoms with Gasteiger partial charge in [-0.25, -0.2) is 4.98 Å². The second kappa shape index (κ2) is 4.48. The van der Waals surface area contributed by atoms with Crippen molar-refractivity contribution in [2.24, 2.45) is 0 Å². The van der Waals surface area contributed by atoms with Gasteiger partial charge in [-0.1, -0.05) is 16.6 Å². The molecule has 0 N–H and O–H groups in total. The lowest BCUT2D eigenvalue weighted by Gasteiger charge is -1.78. The highest BCUT2D eigenvalue weighted by Gasteiger charge is 1.91. The van der Waals surface area contributed by atoms with Crippen molar-refractivity contribution >= 4 is 21.7 Å². The van der Waals surface area contributed by atoms with E-state index < -0.39 is 0 Å². The van der Waals surface area contributed by atoms with Crippen molar-refractivity contribution in [2.75, 3.05) is 0 Å². The van der Waals surface area contributed by atoms with Gasteiger partial charge in [0.1, 0.15) is 11.8 Å². The SMILES string of the molecule is c1ccc2snnc2c1.c1cocn1. The van der Waals surface area contributed by atoms with E-state index in [1.807, 2.05) is 24.3 Å². The molecule has 0 amide bonds. The predicted molar refractivity (Wildman–Crippen MR) is 53.9 cm³/mol. The van der Waals surface area contributed by atoms with Crippen LogP contribution in [0.15, 0.2) is 47.5 Å². The van der Waals surface area contributed by atoms with Crippen LogP contribution in [0, 0.1) is 0 Å². The van der Waals surface area contributed by atoms with Crippen LogP contribution in [-0.4, -0.2) is 14.6 Å². The van der Waals surface area contributed by atoms with Crippen LogP contribution in [0.25, 0.3) is 10.2 Å². The molecule has 3 rings (SSSR count). The number of hydrogen-bond acceptors (Lipinski definition) is 5. The van der Waals surface area contributed by atoms with Gasteiger partial charge in [0.15, 0.2) is 6.39 Å². The van der Waals surface area contributed by atoms with Crippen LogP contribution in [0.5, 0.6) is 0 Å². The highest BCUT2D eigenvalue weighted by Crippen LogP contribution is 2.12. The molecule has 0 aliphatic carbocycles. The third-order valence-corrected chi connectivity index (χ3v) is 2.21. The first-order valence-electron chi connectivity index (χ1n) is 3.96. The van der Waals surface area contributed by atoms with Crippen molar-refractivity contribution in [3.8, 4) is 0 Å². The Morgan fingerprint density at radius 2 is 2.14 bits per heavy atom. The smallest absolute Gasteiger partial charge is 0.180 e. The molecule has 0 fully saturated rings. The van der Waals surface area contributed by atoms with E-state index in [9.17, 15) is 0 Å². The average Bonchev–Trinajstić information content (AvgIpc) is 2.92. The second-order valence-corrected chi connectivity index (χ2v) is 3.20. The Balaban J connectivity index is 0.000000128. The summed E-state index contributed by atoms with van der Waals surface area (Å²) in [5.41, 5.74) is 0.988. The van der Waals surface area contributed by atoms with Gasteiger partial charge >= 0.3 is 0 Å². The maximum atomic E-state index is 4.47. The first kappa shape index (κ1) is 8.83. The van der Waals surface area contributed by atoms with E-state index in [0.717, 1.165) is 10.2 Å². The molecule has 14 heavy (non-hydrogen) atoms. The number of oxazole rings is 1. The number of benzene rings is 1. The zero-order chi connectivity index (χ0) is 9.64. The number of fused-ring (bicyclic) bond motifs is 1. The molecule has 0 radical (unpaired) electrons. The van der Waals surface area contributed by atoms with Crippen LogP contribution in [-0.2, 0) is 0 Å². The van der Waals surface area contributed by atoms with Gasteiger partial charge in [-0.15, -0.1) is 5.10 Å². The molecular formula is C9H7N3OS. The van der Waals surface area contributed by atoms with E-state index in [1.165, 1.54) is 24.2 Å². The summed E-state index contributed by atoms with van der Waals surface area (Å²) in [5.74, 6) is 0. The van der Waals surface area contributed by atoms with Crippen LogP contribution < -0.4 is 0 Å². The lowest BCUT2D eigenvalue weighted by molar-refractivity contribution is 0.558. The van der Waals surface area contributed by atoms with Crippen LogP contribution >= 0.6 is 11.5 Å². The molecule has 0 spiro atoms. The summed E-state index contributed by atoms with van der Waals surface area (Å²) in [5, 5.41) is 3.89. The molecule has 0 saturated heterocycles. The van der Waals surface area contributed by atoms with Crippen LogP contribution in [0.2, 0.25) is 0 Å². The van der Waals surface area contributed by atoms with Gasteiger partial charge in [0.25, 0.3) is 0 Å². The molecule has 2 heterocycles. The summed E-state index contributed by atoms with van der Waals surface area (Å²) in [6.07, 6.45) is 4.47. The summed E-state index contributed by atoms with van der Waals surface area (Å²) >= 11 is 1.43. The highest BCUT2D eigenvalue weighted by molar-refractivity contribution is 7.12. The van der Waals surface area contributed by atoms with Gasteiger partial charge in [0.05, 0.1) is 10.9 Å². The fourth-order valence-corrected chi connectivity index (χ4v) is 1.46. The molecule has 3 aromatic rings. The van der Waals surface area contributed by atoms with E-state index in [4.69, 9.17) is 0 Å². The Bertz CT molecular complexity index is 430. The molecule has 0 unspecified atom stereocenters. The summed E-state index contributed by atoms with van der Waals surface area (Å²) < 4.78 is 9.42. The Kier molecular flexibility index (Phi) is 2.82. The quantitative estimate of drug-likeness (QED) is 0.565. The van der Waals surface area contributed by atoms with Crippen molar-refractivity contribution in [3.05, 3.63) is 43.1 Å². The van der Waals surface area contributed by atoms with E-state index in [2.05, 4.69) is 19.0 Å². The second-order valence-electron chi connectivity index (χ2n) is 2.42. The Labute approximate surface area is 84.4 Å². The van der Waals surface area contributed by atoms with E-state index in [0.29, 0.717) is 0 Å². The molecule has 0 atom stereocenters. The van der Waals surface area contributed by atoms with Gasteiger partial charge in [-0.2, -0.15) is 0 Å². The van der Waals surface area contributed by atoms with Crippen molar-refractivity contribution in [1.82, 2.24) is 14.6 Å². The molecule has 0 saturated carbocycles. The fraction of sp³-hybridized carbons (Fsp3) is 0. The molecular weight excluding hydrogens is 198 g/mol. The fourth-order valence-electron chi connectivity index (χ4n) is 0.901. The summed E-state index contributed by atoms with van der Waals surface area (Å²) in [6, 6.07) is 7.92. The monoisotopic (exact) mass is 205 g/mol. The average molecular weight is 205 g/mol. The van der Waals surface area contributed by atoms with Gasteiger partial charge in [-0.05, 0) is 23.7 Å². The van der Waals surface area contributed by atoms with Crippen molar-refractivity contribution in [3.63, 3.8) is 0 Å². The van der Waals surface area contributed by atoms with E-state index >= 15 is 0 Å². The summed E-state index contributed by atoms with van der Waals surface area (Å²) in [7, 11) is 0. The minimum atomic E-state index is 0.988.